The maximum absolute atomic E-state index is 12.4. The largest absolute Gasteiger partial charge is 0.393 e. The number of carbonyl (C=O) groups excluding carboxylic acids is 2. The SMILES string of the molecule is CC12CCC3C(C1CCC2=O)[C@@H](O)C[C@H]1C[C@@H](O)CCC31C.CC12CCC3C(C1CCC2=O)[C@H](O)C[C@H]1C[C@@H](O)CCC31C. The van der Waals surface area contributed by atoms with Gasteiger partial charge in [-0.25, -0.2) is 0 Å². The number of carbonyl (C=O) groups is 2. The van der Waals surface area contributed by atoms with E-state index < -0.39 is 0 Å². The van der Waals surface area contributed by atoms with E-state index >= 15 is 0 Å². The van der Waals surface area contributed by atoms with Crippen LogP contribution in [0.1, 0.15) is 130 Å². The first-order valence-electron chi connectivity index (χ1n) is 18.5. The Morgan fingerprint density at radius 3 is 1.27 bits per heavy atom. The number of aliphatic hydroxyl groups excluding tert-OH is 4. The van der Waals surface area contributed by atoms with Gasteiger partial charge in [-0.2, -0.15) is 0 Å². The Morgan fingerprint density at radius 1 is 0.500 bits per heavy atom. The molecule has 6 nitrogen and oxygen atoms in total. The predicted molar refractivity (Wildman–Crippen MR) is 168 cm³/mol. The lowest BCUT2D eigenvalue weighted by Crippen LogP contribution is -2.58. The molecule has 0 aromatic rings. The van der Waals surface area contributed by atoms with Crippen LogP contribution in [0.3, 0.4) is 0 Å². The van der Waals surface area contributed by atoms with Gasteiger partial charge in [0.15, 0.2) is 0 Å². The minimum absolute atomic E-state index is 0.167. The van der Waals surface area contributed by atoms with Crippen LogP contribution >= 0.6 is 0 Å². The van der Waals surface area contributed by atoms with Gasteiger partial charge < -0.3 is 20.4 Å². The van der Waals surface area contributed by atoms with Crippen LogP contribution in [0.25, 0.3) is 0 Å². The highest BCUT2D eigenvalue weighted by Crippen LogP contribution is 2.67. The summed E-state index contributed by atoms with van der Waals surface area (Å²) in [4.78, 5) is 24.8. The fourth-order valence-electron chi connectivity index (χ4n) is 13.9. The molecule has 0 aromatic carbocycles. The number of hydrogen-bond donors (Lipinski definition) is 4. The molecular formula is C38H60O6. The lowest BCUT2D eigenvalue weighted by atomic mass is 9.44. The van der Waals surface area contributed by atoms with Crippen molar-refractivity contribution in [1.29, 1.82) is 0 Å². The van der Waals surface area contributed by atoms with Crippen LogP contribution in [0.4, 0.5) is 0 Å². The molecule has 0 bridgehead atoms. The van der Waals surface area contributed by atoms with Crippen LogP contribution in [0.5, 0.6) is 0 Å². The first-order chi connectivity index (χ1) is 20.7. The summed E-state index contributed by atoms with van der Waals surface area (Å²) in [5, 5.41) is 41.9. The first-order valence-corrected chi connectivity index (χ1v) is 18.5. The third kappa shape index (κ3) is 4.53. The molecule has 0 aliphatic heterocycles. The number of hydrogen-bond acceptors (Lipinski definition) is 6. The van der Waals surface area contributed by atoms with E-state index in [4.69, 9.17) is 0 Å². The van der Waals surface area contributed by atoms with E-state index in [1.165, 1.54) is 0 Å². The molecule has 8 fully saturated rings. The van der Waals surface area contributed by atoms with Crippen molar-refractivity contribution in [3.8, 4) is 0 Å². The normalized spacial score (nSPS) is 57.9. The summed E-state index contributed by atoms with van der Waals surface area (Å²) in [6.45, 7) is 9.14. The van der Waals surface area contributed by atoms with Crippen LogP contribution in [0, 0.1) is 69.0 Å². The van der Waals surface area contributed by atoms with Crippen LogP contribution in [-0.2, 0) is 9.59 Å². The molecule has 0 heterocycles. The van der Waals surface area contributed by atoms with Crippen molar-refractivity contribution in [1.82, 2.24) is 0 Å². The highest BCUT2D eigenvalue weighted by atomic mass is 16.3. The van der Waals surface area contributed by atoms with Crippen molar-refractivity contribution in [3.05, 3.63) is 0 Å². The molecule has 8 aliphatic carbocycles. The second-order valence-corrected chi connectivity index (χ2v) is 18.3. The summed E-state index contributed by atoms with van der Waals surface area (Å²) < 4.78 is 0. The lowest BCUT2D eigenvalue weighted by molar-refractivity contribution is -0.171. The quantitative estimate of drug-likeness (QED) is 0.273. The molecule has 6 heteroatoms. The van der Waals surface area contributed by atoms with Crippen molar-refractivity contribution < 1.29 is 30.0 Å². The fraction of sp³-hybridized carbons (Fsp3) is 0.947. The Hall–Kier alpha value is -0.820. The Morgan fingerprint density at radius 2 is 0.886 bits per heavy atom. The molecule has 8 saturated carbocycles. The molecule has 4 N–H and O–H groups in total. The second-order valence-electron chi connectivity index (χ2n) is 18.3. The minimum atomic E-state index is -0.274. The number of fused-ring (bicyclic) bond motifs is 10. The monoisotopic (exact) mass is 612 g/mol. The molecule has 8 aliphatic rings. The van der Waals surface area contributed by atoms with E-state index in [1.54, 1.807) is 0 Å². The maximum Gasteiger partial charge on any atom is 0.139 e. The van der Waals surface area contributed by atoms with Crippen LogP contribution in [0.15, 0.2) is 0 Å². The highest BCUT2D eigenvalue weighted by Gasteiger charge is 2.64. The van der Waals surface area contributed by atoms with E-state index in [1.807, 2.05) is 0 Å². The van der Waals surface area contributed by atoms with Gasteiger partial charge in [0.1, 0.15) is 11.6 Å². The van der Waals surface area contributed by atoms with E-state index in [0.29, 0.717) is 58.9 Å². The summed E-state index contributed by atoms with van der Waals surface area (Å²) in [5.74, 6) is 4.25. The third-order valence-corrected chi connectivity index (χ3v) is 16.7. The van der Waals surface area contributed by atoms with E-state index in [2.05, 4.69) is 27.7 Å². The van der Waals surface area contributed by atoms with Gasteiger partial charge >= 0.3 is 0 Å². The summed E-state index contributed by atoms with van der Waals surface area (Å²) in [6, 6.07) is 0. The predicted octanol–water partition coefficient (Wildman–Crippen LogP) is 5.86. The molecule has 44 heavy (non-hydrogen) atoms. The zero-order valence-electron chi connectivity index (χ0n) is 27.8. The number of rotatable bonds is 0. The third-order valence-electron chi connectivity index (χ3n) is 16.7. The zero-order valence-corrected chi connectivity index (χ0v) is 27.8. The number of aliphatic hydroxyl groups is 4. The van der Waals surface area contributed by atoms with Crippen molar-refractivity contribution in [2.75, 3.05) is 0 Å². The smallest absolute Gasteiger partial charge is 0.139 e. The van der Waals surface area contributed by atoms with Gasteiger partial charge in [0, 0.05) is 23.7 Å². The Labute approximate surface area is 265 Å². The van der Waals surface area contributed by atoms with Crippen molar-refractivity contribution >= 4 is 11.6 Å². The van der Waals surface area contributed by atoms with Gasteiger partial charge in [0.05, 0.1) is 24.4 Å². The molecule has 10 unspecified atom stereocenters. The second kappa shape index (κ2) is 10.9. The molecule has 0 radical (unpaired) electrons. The Kier molecular flexibility index (Phi) is 7.84. The first kappa shape index (κ1) is 31.8. The fourth-order valence-corrected chi connectivity index (χ4v) is 13.9. The average molecular weight is 613 g/mol. The van der Waals surface area contributed by atoms with E-state index in [9.17, 15) is 30.0 Å². The Bertz CT molecular complexity index is 1070. The Balaban J connectivity index is 0.000000142. The highest BCUT2D eigenvalue weighted by molar-refractivity contribution is 5.87. The summed E-state index contributed by atoms with van der Waals surface area (Å²) >= 11 is 0. The van der Waals surface area contributed by atoms with E-state index in [-0.39, 0.29) is 46.1 Å². The molecule has 8 rings (SSSR count). The van der Waals surface area contributed by atoms with Crippen LogP contribution in [-0.4, -0.2) is 56.4 Å². The van der Waals surface area contributed by atoms with Crippen molar-refractivity contribution in [2.45, 2.75) is 155 Å². The summed E-state index contributed by atoms with van der Waals surface area (Å²) in [6.07, 6.45) is 14.1. The minimum Gasteiger partial charge on any atom is -0.393 e. The molecule has 0 aromatic heterocycles. The van der Waals surface area contributed by atoms with Gasteiger partial charge in [-0.15, -0.1) is 0 Å². The molecular weight excluding hydrogens is 552 g/mol. The van der Waals surface area contributed by atoms with Gasteiger partial charge in [-0.05, 0) is 148 Å². The van der Waals surface area contributed by atoms with Crippen molar-refractivity contribution in [2.24, 2.45) is 69.0 Å². The summed E-state index contributed by atoms with van der Waals surface area (Å²) in [5.41, 5.74) is 0.186. The summed E-state index contributed by atoms with van der Waals surface area (Å²) in [7, 11) is 0. The molecule has 0 spiro atoms. The standard InChI is InChI=1S/2C19H30O3/c2*1-18-7-5-12(20)9-11(18)10-15(21)17-13-3-4-16(22)19(13,2)8-6-14(17)18/h2*11-15,17,20-21H,3-10H2,1-2H3/t11-,12+,13?,14?,15+,17?,18?,19?;11-,12+,13?,14?,15-,17?,18?,19?/m11/s1. The van der Waals surface area contributed by atoms with E-state index in [0.717, 1.165) is 103 Å². The van der Waals surface area contributed by atoms with Gasteiger partial charge in [-0.1, -0.05) is 27.7 Å². The van der Waals surface area contributed by atoms with Crippen molar-refractivity contribution in [3.63, 3.8) is 0 Å². The van der Waals surface area contributed by atoms with Crippen LogP contribution < -0.4 is 0 Å². The molecule has 0 amide bonds. The zero-order chi connectivity index (χ0) is 31.4. The molecule has 16 atom stereocenters. The van der Waals surface area contributed by atoms with Gasteiger partial charge in [0.2, 0.25) is 0 Å². The van der Waals surface area contributed by atoms with Crippen LogP contribution in [0.2, 0.25) is 0 Å². The van der Waals surface area contributed by atoms with Gasteiger partial charge in [-0.3, -0.25) is 9.59 Å². The maximum atomic E-state index is 12.4. The lowest BCUT2D eigenvalue weighted by Gasteiger charge is -2.61. The molecule has 248 valence electrons. The average Bonchev–Trinajstić information content (AvgIpc) is 3.45. The molecule has 0 saturated heterocycles. The topological polar surface area (TPSA) is 115 Å². The number of Topliss-reactive ketones (excluding diaryl/α,β-unsaturated/α-hetero) is 2. The van der Waals surface area contributed by atoms with Gasteiger partial charge in [0.25, 0.3) is 0 Å². The number of ketones is 2.